The van der Waals surface area contributed by atoms with Crippen molar-refractivity contribution in [1.82, 2.24) is 10.6 Å². The summed E-state index contributed by atoms with van der Waals surface area (Å²) in [5.41, 5.74) is 1.31. The number of nitrogens with one attached hydrogen (secondary N) is 3. The number of benzene rings is 1. The monoisotopic (exact) mass is 360 g/mol. The summed E-state index contributed by atoms with van der Waals surface area (Å²) in [5, 5.41) is 8.51. The minimum absolute atomic E-state index is 0.125. The van der Waals surface area contributed by atoms with Gasteiger partial charge in [0, 0.05) is 44.4 Å². The summed E-state index contributed by atoms with van der Waals surface area (Å²) in [6, 6.07) is 7.15. The van der Waals surface area contributed by atoms with E-state index < -0.39 is 0 Å². The molecule has 0 aromatic heterocycles. The first kappa shape index (κ1) is 19.8. The topological polar surface area (TPSA) is 90.5 Å². The van der Waals surface area contributed by atoms with Gasteiger partial charge in [-0.25, -0.2) is 4.79 Å². The predicted octanol–water partition coefficient (Wildman–Crippen LogP) is 2.63. The van der Waals surface area contributed by atoms with Gasteiger partial charge in [0.05, 0.1) is 0 Å². The molecule has 1 aliphatic rings. The van der Waals surface area contributed by atoms with E-state index in [1.165, 1.54) is 20.3 Å². The Balaban J connectivity index is 1.87. The molecule has 7 heteroatoms. The fourth-order valence-corrected chi connectivity index (χ4v) is 3.19. The van der Waals surface area contributed by atoms with Crippen LogP contribution in [0.4, 0.5) is 16.2 Å². The summed E-state index contributed by atoms with van der Waals surface area (Å²) in [7, 11) is 0. The highest BCUT2D eigenvalue weighted by Gasteiger charge is 2.16. The van der Waals surface area contributed by atoms with Gasteiger partial charge in [0.15, 0.2) is 0 Å². The Morgan fingerprint density at radius 2 is 1.85 bits per heavy atom. The first-order valence-electron chi connectivity index (χ1n) is 9.16. The lowest BCUT2D eigenvalue weighted by Crippen LogP contribution is -2.45. The van der Waals surface area contributed by atoms with Crippen LogP contribution in [0.5, 0.6) is 0 Å². The van der Waals surface area contributed by atoms with E-state index in [4.69, 9.17) is 0 Å². The zero-order valence-corrected chi connectivity index (χ0v) is 15.5. The minimum atomic E-state index is -0.188. The van der Waals surface area contributed by atoms with E-state index >= 15 is 0 Å². The van der Waals surface area contributed by atoms with Crippen molar-refractivity contribution in [2.75, 3.05) is 23.3 Å². The van der Waals surface area contributed by atoms with Crippen LogP contribution in [-0.2, 0) is 9.59 Å². The largest absolute Gasteiger partial charge is 0.336 e. The van der Waals surface area contributed by atoms with Crippen LogP contribution in [0.25, 0.3) is 0 Å². The molecule has 3 N–H and O–H groups in total. The fourth-order valence-electron chi connectivity index (χ4n) is 3.19. The second kappa shape index (κ2) is 9.79. The standard InChI is InChI=1S/C19H28N4O3/c1-14(24)21-17-9-6-10-18(13-17)23(15(2)25)12-11-20-19(26)22-16-7-4-3-5-8-16/h6,9-10,13,16H,3-5,7-8,11-12H2,1-2H3,(H,21,24)(H2,20,22,26). The second-order valence-corrected chi connectivity index (χ2v) is 6.64. The lowest BCUT2D eigenvalue weighted by Gasteiger charge is -2.24. The van der Waals surface area contributed by atoms with Gasteiger partial charge in [0.2, 0.25) is 11.8 Å². The summed E-state index contributed by atoms with van der Waals surface area (Å²) in [5.74, 6) is -0.294. The number of carbonyl (C=O) groups excluding carboxylic acids is 3. The maximum Gasteiger partial charge on any atom is 0.315 e. The molecule has 7 nitrogen and oxygen atoms in total. The summed E-state index contributed by atoms with van der Waals surface area (Å²) in [6.45, 7) is 3.62. The molecule has 1 saturated carbocycles. The average Bonchev–Trinajstić information content (AvgIpc) is 2.59. The fraction of sp³-hybridized carbons (Fsp3) is 0.526. The molecular weight excluding hydrogens is 332 g/mol. The van der Waals surface area contributed by atoms with E-state index in [0.717, 1.165) is 25.7 Å². The van der Waals surface area contributed by atoms with Gasteiger partial charge < -0.3 is 20.9 Å². The molecule has 142 valence electrons. The lowest BCUT2D eigenvalue weighted by molar-refractivity contribution is -0.116. The maximum atomic E-state index is 12.0. The highest BCUT2D eigenvalue weighted by atomic mass is 16.2. The molecule has 1 aliphatic carbocycles. The Morgan fingerprint density at radius 1 is 1.12 bits per heavy atom. The van der Waals surface area contributed by atoms with Crippen LogP contribution < -0.4 is 20.9 Å². The molecule has 0 bridgehead atoms. The van der Waals surface area contributed by atoms with Gasteiger partial charge in [-0.1, -0.05) is 25.3 Å². The molecular formula is C19H28N4O3. The van der Waals surface area contributed by atoms with Crippen molar-refractivity contribution in [3.63, 3.8) is 0 Å². The van der Waals surface area contributed by atoms with Crippen LogP contribution in [0.3, 0.4) is 0 Å². The van der Waals surface area contributed by atoms with Crippen molar-refractivity contribution in [2.45, 2.75) is 52.0 Å². The Morgan fingerprint density at radius 3 is 2.50 bits per heavy atom. The van der Waals surface area contributed by atoms with Crippen molar-refractivity contribution < 1.29 is 14.4 Å². The van der Waals surface area contributed by atoms with E-state index in [-0.39, 0.29) is 23.9 Å². The molecule has 1 aromatic rings. The number of nitrogens with zero attached hydrogens (tertiary/aromatic N) is 1. The SMILES string of the molecule is CC(=O)Nc1cccc(N(CCNC(=O)NC2CCCCC2)C(C)=O)c1. The van der Waals surface area contributed by atoms with Crippen molar-refractivity contribution in [3.8, 4) is 0 Å². The van der Waals surface area contributed by atoms with E-state index in [1.807, 2.05) is 0 Å². The lowest BCUT2D eigenvalue weighted by atomic mass is 9.96. The molecule has 0 spiro atoms. The third-order valence-electron chi connectivity index (χ3n) is 4.42. The molecule has 26 heavy (non-hydrogen) atoms. The van der Waals surface area contributed by atoms with Crippen LogP contribution >= 0.6 is 0 Å². The predicted molar refractivity (Wildman–Crippen MR) is 102 cm³/mol. The highest BCUT2D eigenvalue weighted by Crippen LogP contribution is 2.20. The normalized spacial score (nSPS) is 14.4. The second-order valence-electron chi connectivity index (χ2n) is 6.64. The molecule has 0 unspecified atom stereocenters. The van der Waals surface area contributed by atoms with Crippen molar-refractivity contribution in [1.29, 1.82) is 0 Å². The van der Waals surface area contributed by atoms with Crippen LogP contribution in [0.2, 0.25) is 0 Å². The average molecular weight is 360 g/mol. The van der Waals surface area contributed by atoms with Gasteiger partial charge in [-0.3, -0.25) is 9.59 Å². The summed E-state index contributed by atoms with van der Waals surface area (Å²) in [6.07, 6.45) is 5.62. The van der Waals surface area contributed by atoms with Crippen molar-refractivity contribution >= 4 is 29.2 Å². The van der Waals surface area contributed by atoms with Gasteiger partial charge >= 0.3 is 6.03 Å². The number of amides is 4. The summed E-state index contributed by atoms with van der Waals surface area (Å²) in [4.78, 5) is 36.8. The summed E-state index contributed by atoms with van der Waals surface area (Å²) < 4.78 is 0. The zero-order valence-electron chi connectivity index (χ0n) is 15.5. The van der Waals surface area contributed by atoms with E-state index in [1.54, 1.807) is 29.2 Å². The van der Waals surface area contributed by atoms with Crippen LogP contribution in [0.1, 0.15) is 46.0 Å². The molecule has 2 rings (SSSR count). The Bertz CT molecular complexity index is 641. The molecule has 4 amide bonds. The van der Waals surface area contributed by atoms with Gasteiger partial charge in [0.1, 0.15) is 0 Å². The third-order valence-corrected chi connectivity index (χ3v) is 4.42. The van der Waals surface area contributed by atoms with E-state index in [2.05, 4.69) is 16.0 Å². The van der Waals surface area contributed by atoms with Gasteiger partial charge in [0.25, 0.3) is 0 Å². The van der Waals surface area contributed by atoms with Crippen LogP contribution in [0.15, 0.2) is 24.3 Å². The van der Waals surface area contributed by atoms with Crippen LogP contribution in [0, 0.1) is 0 Å². The zero-order chi connectivity index (χ0) is 18.9. The Labute approximate surface area is 154 Å². The highest BCUT2D eigenvalue weighted by molar-refractivity contribution is 5.94. The Kier molecular flexibility index (Phi) is 7.44. The number of rotatable bonds is 6. The number of urea groups is 1. The maximum absolute atomic E-state index is 12.0. The Hall–Kier alpha value is -2.57. The smallest absolute Gasteiger partial charge is 0.315 e. The van der Waals surface area contributed by atoms with Gasteiger partial charge in [-0.2, -0.15) is 0 Å². The summed E-state index contributed by atoms with van der Waals surface area (Å²) >= 11 is 0. The molecule has 0 saturated heterocycles. The first-order chi connectivity index (χ1) is 12.5. The van der Waals surface area contributed by atoms with Crippen LogP contribution in [-0.4, -0.2) is 37.0 Å². The van der Waals surface area contributed by atoms with E-state index in [0.29, 0.717) is 24.5 Å². The first-order valence-corrected chi connectivity index (χ1v) is 9.16. The molecule has 0 radical (unpaired) electrons. The third kappa shape index (κ3) is 6.38. The molecule has 1 fully saturated rings. The minimum Gasteiger partial charge on any atom is -0.336 e. The van der Waals surface area contributed by atoms with Crippen molar-refractivity contribution in [2.24, 2.45) is 0 Å². The number of anilines is 2. The molecule has 0 atom stereocenters. The van der Waals surface area contributed by atoms with Gasteiger partial charge in [-0.15, -0.1) is 0 Å². The van der Waals surface area contributed by atoms with Crippen molar-refractivity contribution in [3.05, 3.63) is 24.3 Å². The van der Waals surface area contributed by atoms with E-state index in [9.17, 15) is 14.4 Å². The van der Waals surface area contributed by atoms with Gasteiger partial charge in [-0.05, 0) is 31.0 Å². The number of hydrogen-bond donors (Lipinski definition) is 3. The molecule has 0 heterocycles. The quantitative estimate of drug-likeness (QED) is 0.728. The number of carbonyl (C=O) groups is 3. The number of hydrogen-bond acceptors (Lipinski definition) is 3. The molecule has 0 aliphatic heterocycles. The molecule has 1 aromatic carbocycles.